The molecule has 6 rings (SSSR count). The second-order valence-corrected chi connectivity index (χ2v) is 11.4. The maximum atomic E-state index is 14.3. The number of halogens is 5. The summed E-state index contributed by atoms with van der Waals surface area (Å²) >= 11 is 0. The molecule has 0 saturated carbocycles. The molecule has 4 aromatic rings. The number of rotatable bonds is 8. The van der Waals surface area contributed by atoms with Gasteiger partial charge in [-0.05, 0) is 41.3 Å². The van der Waals surface area contributed by atoms with Gasteiger partial charge in [-0.25, -0.2) is 13.8 Å². The number of nitrogens with zero attached hydrogens (tertiary/aromatic N) is 5. The Balaban J connectivity index is 1.08. The fraction of sp³-hybridized carbons (Fsp3) is 0.333. The summed E-state index contributed by atoms with van der Waals surface area (Å²) in [5.41, 5.74) is -0.196. The average molecular weight is 640 g/mol. The van der Waals surface area contributed by atoms with Gasteiger partial charge in [-0.1, -0.05) is 42.5 Å². The Morgan fingerprint density at radius 2 is 1.57 bits per heavy atom. The molecule has 46 heavy (non-hydrogen) atoms. The predicted molar refractivity (Wildman–Crippen MR) is 159 cm³/mol. The molecule has 2 aliphatic rings. The van der Waals surface area contributed by atoms with E-state index < -0.39 is 29.2 Å². The zero-order valence-electron chi connectivity index (χ0n) is 24.6. The fourth-order valence-corrected chi connectivity index (χ4v) is 5.89. The summed E-state index contributed by atoms with van der Waals surface area (Å²) in [6.45, 7) is 2.30. The van der Waals surface area contributed by atoms with Crippen molar-refractivity contribution in [2.45, 2.75) is 31.4 Å². The number of ketones is 1. The Hall–Kier alpha value is -4.81. The summed E-state index contributed by atoms with van der Waals surface area (Å²) in [4.78, 5) is 38.9. The minimum atomic E-state index is -4.92. The minimum Gasteiger partial charge on any atom is -0.420 e. The van der Waals surface area contributed by atoms with Crippen molar-refractivity contribution in [3.63, 3.8) is 0 Å². The molecule has 240 valence electrons. The lowest BCUT2D eigenvalue weighted by Crippen LogP contribution is -2.49. The lowest BCUT2D eigenvalue weighted by atomic mass is 9.98. The van der Waals surface area contributed by atoms with Gasteiger partial charge < -0.3 is 19.1 Å². The minimum absolute atomic E-state index is 0.0252. The summed E-state index contributed by atoms with van der Waals surface area (Å²) in [6, 6.07) is 15.4. The molecule has 8 nitrogen and oxygen atoms in total. The van der Waals surface area contributed by atoms with Gasteiger partial charge in [0.2, 0.25) is 17.5 Å². The molecule has 2 saturated heterocycles. The van der Waals surface area contributed by atoms with Crippen LogP contribution in [0.25, 0.3) is 0 Å². The number of amides is 1. The first-order valence-electron chi connectivity index (χ1n) is 14.9. The molecular formula is C33H30F5N5O3. The molecule has 1 atom stereocenters. The average Bonchev–Trinajstić information content (AvgIpc) is 3.72. The predicted octanol–water partition coefficient (Wildman–Crippen LogP) is 5.68. The lowest BCUT2D eigenvalue weighted by molar-refractivity contribution is -0.141. The number of alkyl halides is 3. The highest BCUT2D eigenvalue weighted by atomic mass is 19.4. The highest BCUT2D eigenvalue weighted by Crippen LogP contribution is 2.37. The van der Waals surface area contributed by atoms with Crippen LogP contribution in [0, 0.1) is 11.6 Å². The first-order chi connectivity index (χ1) is 22.1. The molecule has 2 aromatic heterocycles. The second kappa shape index (κ2) is 12.9. The van der Waals surface area contributed by atoms with Crippen molar-refractivity contribution in [1.82, 2.24) is 14.9 Å². The van der Waals surface area contributed by atoms with Crippen LogP contribution in [0.4, 0.5) is 33.8 Å². The molecule has 0 bridgehead atoms. The van der Waals surface area contributed by atoms with Gasteiger partial charge >= 0.3 is 6.18 Å². The largest absolute Gasteiger partial charge is 0.437 e. The van der Waals surface area contributed by atoms with Crippen molar-refractivity contribution in [3.05, 3.63) is 107 Å². The van der Waals surface area contributed by atoms with E-state index in [4.69, 9.17) is 4.42 Å². The number of oxazole rings is 1. The van der Waals surface area contributed by atoms with E-state index in [1.165, 1.54) is 23.2 Å². The SMILES string of the molecule is O=C(Cc1ccc(N2CCN(C(=O)Cc3ccccc3F)CC2)nc1)c1oc(N2CCC(c3ccccc3F)C2)nc1C(F)(F)F. The Morgan fingerprint density at radius 1 is 0.848 bits per heavy atom. The molecule has 0 spiro atoms. The van der Waals surface area contributed by atoms with E-state index in [-0.39, 0.29) is 43.0 Å². The highest BCUT2D eigenvalue weighted by molar-refractivity contribution is 5.96. The summed E-state index contributed by atoms with van der Waals surface area (Å²) < 4.78 is 75.4. The molecule has 0 radical (unpaired) electrons. The molecule has 0 aliphatic carbocycles. The normalized spacial score (nSPS) is 17.1. The van der Waals surface area contributed by atoms with Crippen LogP contribution in [0.1, 0.15) is 45.3 Å². The Kier molecular flexibility index (Phi) is 8.74. The number of carbonyl (C=O) groups is 2. The number of aromatic nitrogens is 2. The number of carbonyl (C=O) groups excluding carboxylic acids is 2. The molecule has 2 aromatic carbocycles. The van der Waals surface area contributed by atoms with Crippen LogP contribution < -0.4 is 9.80 Å². The smallest absolute Gasteiger partial charge is 0.420 e. The van der Waals surface area contributed by atoms with E-state index in [1.807, 2.05) is 4.90 Å². The summed E-state index contributed by atoms with van der Waals surface area (Å²) in [5.74, 6) is -2.42. The summed E-state index contributed by atoms with van der Waals surface area (Å²) in [7, 11) is 0. The maximum Gasteiger partial charge on any atom is 0.437 e. The standard InChI is InChI=1S/C33H30F5N5O3/c34-25-7-3-1-5-22(25)18-29(45)42-15-13-41(14-16-42)28-10-9-21(19-39-28)17-27(44)30-31(33(36,37)38)40-32(46-30)43-12-11-23(20-43)24-6-2-4-8-26(24)35/h1-10,19,23H,11-18,20H2. The number of hydrogen-bond donors (Lipinski definition) is 0. The lowest BCUT2D eigenvalue weighted by Gasteiger charge is -2.35. The fourth-order valence-electron chi connectivity index (χ4n) is 5.89. The molecule has 1 unspecified atom stereocenters. The molecule has 0 N–H and O–H groups in total. The van der Waals surface area contributed by atoms with E-state index in [2.05, 4.69) is 9.97 Å². The van der Waals surface area contributed by atoms with Gasteiger partial charge in [0.1, 0.15) is 17.5 Å². The van der Waals surface area contributed by atoms with Crippen LogP contribution in [-0.4, -0.2) is 65.8 Å². The number of piperazine rings is 1. The third-order valence-corrected chi connectivity index (χ3v) is 8.37. The Bertz CT molecular complexity index is 1720. The summed E-state index contributed by atoms with van der Waals surface area (Å²) in [6.07, 6.45) is -3.42. The number of pyridine rings is 1. The third kappa shape index (κ3) is 6.73. The molecular weight excluding hydrogens is 609 g/mol. The highest BCUT2D eigenvalue weighted by Gasteiger charge is 2.42. The van der Waals surface area contributed by atoms with Crippen LogP contribution in [0.5, 0.6) is 0 Å². The van der Waals surface area contributed by atoms with Crippen molar-refractivity contribution >= 4 is 23.5 Å². The van der Waals surface area contributed by atoms with Gasteiger partial charge in [-0.2, -0.15) is 18.2 Å². The van der Waals surface area contributed by atoms with Crippen molar-refractivity contribution in [3.8, 4) is 0 Å². The Labute approximate surface area is 261 Å². The number of Topliss-reactive ketones (excluding diaryl/α,β-unsaturated/α-hetero) is 1. The topological polar surface area (TPSA) is 82.8 Å². The van der Waals surface area contributed by atoms with Crippen LogP contribution in [0.2, 0.25) is 0 Å². The van der Waals surface area contributed by atoms with Crippen molar-refractivity contribution in [2.24, 2.45) is 0 Å². The van der Waals surface area contributed by atoms with Gasteiger partial charge in [0, 0.05) is 57.8 Å². The zero-order chi connectivity index (χ0) is 32.4. The van der Waals surface area contributed by atoms with Crippen LogP contribution in [-0.2, 0) is 23.8 Å². The third-order valence-electron chi connectivity index (χ3n) is 8.37. The van der Waals surface area contributed by atoms with E-state index >= 15 is 0 Å². The van der Waals surface area contributed by atoms with E-state index in [1.54, 1.807) is 53.4 Å². The van der Waals surface area contributed by atoms with Crippen LogP contribution in [0.15, 0.2) is 71.3 Å². The van der Waals surface area contributed by atoms with Gasteiger partial charge in [0.15, 0.2) is 5.69 Å². The molecule has 13 heteroatoms. The molecule has 4 heterocycles. The summed E-state index contributed by atoms with van der Waals surface area (Å²) in [5, 5.41) is 0. The molecule has 2 fully saturated rings. The monoisotopic (exact) mass is 639 g/mol. The van der Waals surface area contributed by atoms with E-state index in [9.17, 15) is 31.5 Å². The van der Waals surface area contributed by atoms with Gasteiger partial charge in [-0.3, -0.25) is 9.59 Å². The first kappa shape index (κ1) is 31.2. The van der Waals surface area contributed by atoms with Gasteiger partial charge in [0.25, 0.3) is 6.01 Å². The van der Waals surface area contributed by atoms with Gasteiger partial charge in [-0.15, -0.1) is 0 Å². The second-order valence-electron chi connectivity index (χ2n) is 11.4. The molecule has 2 aliphatic heterocycles. The maximum absolute atomic E-state index is 14.3. The van der Waals surface area contributed by atoms with Gasteiger partial charge in [0.05, 0.1) is 6.42 Å². The van der Waals surface area contributed by atoms with E-state index in [0.717, 1.165) is 0 Å². The quantitative estimate of drug-likeness (QED) is 0.181. The van der Waals surface area contributed by atoms with Crippen LogP contribution >= 0.6 is 0 Å². The molecule has 1 amide bonds. The number of anilines is 2. The van der Waals surface area contributed by atoms with Crippen molar-refractivity contribution in [1.29, 1.82) is 0 Å². The number of hydrogen-bond acceptors (Lipinski definition) is 7. The van der Waals surface area contributed by atoms with Crippen molar-refractivity contribution in [2.75, 3.05) is 49.1 Å². The first-order valence-corrected chi connectivity index (χ1v) is 14.9. The number of benzene rings is 2. The van der Waals surface area contributed by atoms with Crippen molar-refractivity contribution < 1.29 is 36.0 Å². The Morgan fingerprint density at radius 3 is 2.24 bits per heavy atom. The van der Waals surface area contributed by atoms with Crippen LogP contribution in [0.3, 0.4) is 0 Å². The van der Waals surface area contributed by atoms with E-state index in [0.29, 0.717) is 61.7 Å². The zero-order valence-corrected chi connectivity index (χ0v) is 24.6.